The lowest BCUT2D eigenvalue weighted by Gasteiger charge is -2.10. The highest BCUT2D eigenvalue weighted by molar-refractivity contribution is 7.25. The molecule has 39 heavy (non-hydrogen) atoms. The molecule has 0 spiro atoms. The van der Waals surface area contributed by atoms with Crippen molar-refractivity contribution in [2.45, 2.75) is 0 Å². The van der Waals surface area contributed by atoms with Crippen molar-refractivity contribution in [1.29, 1.82) is 0 Å². The van der Waals surface area contributed by atoms with Crippen molar-refractivity contribution in [3.8, 4) is 11.4 Å². The Morgan fingerprint density at radius 1 is 0.385 bits per heavy atom. The monoisotopic (exact) mass is 514 g/mol. The van der Waals surface area contributed by atoms with E-state index >= 15 is 0 Å². The summed E-state index contributed by atoms with van der Waals surface area (Å²) in [4.78, 5) is 0. The fourth-order valence-corrected chi connectivity index (χ4v) is 7.57. The van der Waals surface area contributed by atoms with Crippen molar-refractivity contribution < 1.29 is 0 Å². The van der Waals surface area contributed by atoms with Crippen LogP contribution in [0.3, 0.4) is 0 Å². The molecule has 0 bridgehead atoms. The van der Waals surface area contributed by atoms with Gasteiger partial charge in [-0.15, -0.1) is 11.3 Å². The largest absolute Gasteiger partial charge is 0.309 e. The average molecular weight is 515 g/mol. The van der Waals surface area contributed by atoms with Crippen LogP contribution in [-0.2, 0) is 0 Å². The van der Waals surface area contributed by atoms with Gasteiger partial charge in [0, 0.05) is 53.1 Å². The number of para-hydroxylation sites is 3. The molecule has 0 aliphatic carbocycles. The van der Waals surface area contributed by atoms with Crippen LogP contribution >= 0.6 is 11.3 Å². The summed E-state index contributed by atoms with van der Waals surface area (Å²) in [7, 11) is 0. The first-order chi connectivity index (χ1) is 19.4. The van der Waals surface area contributed by atoms with Crippen LogP contribution < -0.4 is 0 Å². The molecule has 9 rings (SSSR count). The first-order valence-electron chi connectivity index (χ1n) is 13.3. The third-order valence-electron chi connectivity index (χ3n) is 8.10. The molecule has 0 unspecified atom stereocenters. The van der Waals surface area contributed by atoms with Gasteiger partial charge in [-0.3, -0.25) is 0 Å². The zero-order chi connectivity index (χ0) is 25.5. The van der Waals surface area contributed by atoms with Crippen LogP contribution in [0.5, 0.6) is 0 Å². The van der Waals surface area contributed by atoms with E-state index in [1.807, 2.05) is 11.3 Å². The molecule has 0 saturated heterocycles. The van der Waals surface area contributed by atoms with Crippen molar-refractivity contribution in [2.75, 3.05) is 0 Å². The van der Waals surface area contributed by atoms with Crippen molar-refractivity contribution in [2.24, 2.45) is 0 Å². The second-order valence-electron chi connectivity index (χ2n) is 10.2. The van der Waals surface area contributed by atoms with E-state index in [0.717, 1.165) is 0 Å². The normalized spacial score (nSPS) is 12.1. The summed E-state index contributed by atoms with van der Waals surface area (Å²) in [6.45, 7) is 0. The van der Waals surface area contributed by atoms with E-state index in [1.54, 1.807) is 0 Å². The molecule has 182 valence electrons. The molecule has 0 N–H and O–H groups in total. The van der Waals surface area contributed by atoms with Gasteiger partial charge in [-0.05, 0) is 54.6 Å². The average Bonchev–Trinajstić information content (AvgIpc) is 3.64. The van der Waals surface area contributed by atoms with Crippen LogP contribution in [-0.4, -0.2) is 9.13 Å². The first kappa shape index (κ1) is 21.1. The minimum Gasteiger partial charge on any atom is -0.309 e. The molecule has 0 amide bonds. The molecule has 2 nitrogen and oxygen atoms in total. The minimum atomic E-state index is 1.18. The summed E-state index contributed by atoms with van der Waals surface area (Å²) in [6.07, 6.45) is 0. The van der Waals surface area contributed by atoms with E-state index in [1.165, 1.54) is 75.2 Å². The van der Waals surface area contributed by atoms with Crippen LogP contribution in [0.2, 0.25) is 0 Å². The molecule has 0 atom stereocenters. The number of thiophene rings is 1. The summed E-state index contributed by atoms with van der Waals surface area (Å²) >= 11 is 1.87. The van der Waals surface area contributed by atoms with Crippen molar-refractivity contribution >= 4 is 75.1 Å². The van der Waals surface area contributed by atoms with Gasteiger partial charge in [0.15, 0.2) is 0 Å². The summed E-state index contributed by atoms with van der Waals surface area (Å²) in [5.74, 6) is 0. The van der Waals surface area contributed by atoms with Crippen LogP contribution in [0, 0.1) is 0 Å². The Morgan fingerprint density at radius 2 is 1.05 bits per heavy atom. The quantitative estimate of drug-likeness (QED) is 0.217. The zero-order valence-corrected chi connectivity index (χ0v) is 21.8. The number of nitrogens with zero attached hydrogens (tertiary/aromatic N) is 2. The highest BCUT2D eigenvalue weighted by Gasteiger charge is 2.20. The Hall–Kier alpha value is -4.86. The molecular weight excluding hydrogens is 492 g/mol. The highest BCUT2D eigenvalue weighted by atomic mass is 32.1. The molecular formula is C36H22N2S. The maximum atomic E-state index is 2.49. The molecule has 3 heterocycles. The minimum absolute atomic E-state index is 1.18. The van der Waals surface area contributed by atoms with Gasteiger partial charge in [-0.1, -0.05) is 78.9 Å². The summed E-state index contributed by atoms with van der Waals surface area (Å²) in [5.41, 5.74) is 7.32. The van der Waals surface area contributed by atoms with E-state index in [-0.39, 0.29) is 0 Å². The Labute approximate surface area is 228 Å². The Morgan fingerprint density at radius 3 is 1.90 bits per heavy atom. The molecule has 0 fully saturated rings. The van der Waals surface area contributed by atoms with E-state index in [4.69, 9.17) is 0 Å². The van der Waals surface area contributed by atoms with E-state index in [9.17, 15) is 0 Å². The number of hydrogen-bond acceptors (Lipinski definition) is 1. The van der Waals surface area contributed by atoms with Gasteiger partial charge >= 0.3 is 0 Å². The van der Waals surface area contributed by atoms with Gasteiger partial charge in [0.2, 0.25) is 0 Å². The molecule has 3 aromatic heterocycles. The van der Waals surface area contributed by atoms with Gasteiger partial charge in [-0.2, -0.15) is 0 Å². The molecule has 0 saturated carbocycles. The molecule has 0 aliphatic rings. The van der Waals surface area contributed by atoms with E-state index in [0.29, 0.717) is 0 Å². The van der Waals surface area contributed by atoms with Crippen molar-refractivity contribution in [3.63, 3.8) is 0 Å². The zero-order valence-electron chi connectivity index (χ0n) is 21.0. The number of rotatable bonds is 2. The maximum Gasteiger partial charge on any atom is 0.0641 e. The fraction of sp³-hybridized carbons (Fsp3) is 0. The standard InChI is InChI=1S/C36H22N2S/c1-2-10-23(11-3-1)37-31-16-8-5-14-28(31)35-32(37)20-19-27-25-12-4-7-15-30(25)38(36(27)35)24-18-21-34-29(22-24)26-13-6-9-17-33(26)39-34/h1-22H. The Kier molecular flexibility index (Phi) is 4.24. The third-order valence-corrected chi connectivity index (χ3v) is 9.25. The Balaban J connectivity index is 1.49. The van der Waals surface area contributed by atoms with Gasteiger partial charge in [0.1, 0.15) is 0 Å². The predicted octanol–water partition coefficient (Wildman–Crippen LogP) is 10.2. The first-order valence-corrected chi connectivity index (χ1v) is 14.1. The predicted molar refractivity (Wildman–Crippen MR) is 168 cm³/mol. The fourth-order valence-electron chi connectivity index (χ4n) is 6.49. The smallest absolute Gasteiger partial charge is 0.0641 e. The summed E-state index contributed by atoms with van der Waals surface area (Å²) in [5, 5.41) is 7.76. The number of aromatic nitrogens is 2. The number of benzene rings is 6. The maximum absolute atomic E-state index is 2.49. The molecule has 0 aliphatic heterocycles. The number of hydrogen-bond donors (Lipinski definition) is 0. The molecule has 6 aromatic carbocycles. The van der Waals surface area contributed by atoms with Crippen molar-refractivity contribution in [1.82, 2.24) is 9.13 Å². The van der Waals surface area contributed by atoms with Crippen molar-refractivity contribution in [3.05, 3.63) is 133 Å². The summed E-state index contributed by atoms with van der Waals surface area (Å²) < 4.78 is 7.55. The lowest BCUT2D eigenvalue weighted by atomic mass is 10.1. The molecule has 3 heteroatoms. The van der Waals surface area contributed by atoms with E-state index in [2.05, 4.69) is 143 Å². The second kappa shape index (κ2) is 7.83. The topological polar surface area (TPSA) is 9.86 Å². The lowest BCUT2D eigenvalue weighted by molar-refractivity contribution is 1.18. The van der Waals surface area contributed by atoms with Gasteiger partial charge in [0.25, 0.3) is 0 Å². The van der Waals surface area contributed by atoms with Crippen LogP contribution in [0.15, 0.2) is 133 Å². The second-order valence-corrected chi connectivity index (χ2v) is 11.3. The lowest BCUT2D eigenvalue weighted by Crippen LogP contribution is -1.95. The number of fused-ring (bicyclic) bond motifs is 10. The van der Waals surface area contributed by atoms with Gasteiger partial charge in [-0.25, -0.2) is 0 Å². The van der Waals surface area contributed by atoms with Gasteiger partial charge in [0.05, 0.1) is 22.1 Å². The van der Waals surface area contributed by atoms with Gasteiger partial charge < -0.3 is 9.13 Å². The van der Waals surface area contributed by atoms with Crippen LogP contribution in [0.4, 0.5) is 0 Å². The Bertz CT molecular complexity index is 2390. The summed E-state index contributed by atoms with van der Waals surface area (Å²) in [6, 6.07) is 48.7. The SMILES string of the molecule is c1ccc(-n2c3ccccc3c3c2ccc2c4ccccc4n(-c4ccc5sc6ccccc6c5c4)c23)cc1. The van der Waals surface area contributed by atoms with E-state index < -0.39 is 0 Å². The third kappa shape index (κ3) is 2.85. The molecule has 0 radical (unpaired) electrons. The molecule has 9 aromatic rings. The van der Waals surface area contributed by atoms with Crippen LogP contribution in [0.25, 0.3) is 75.2 Å². The van der Waals surface area contributed by atoms with Crippen LogP contribution in [0.1, 0.15) is 0 Å². The highest BCUT2D eigenvalue weighted by Crippen LogP contribution is 2.43.